The topological polar surface area (TPSA) is 36.4 Å². The van der Waals surface area contributed by atoms with Crippen molar-refractivity contribution in [2.24, 2.45) is 0 Å². The van der Waals surface area contributed by atoms with Crippen LogP contribution in [0, 0.1) is 0 Å². The van der Waals surface area contributed by atoms with Crippen LogP contribution in [0.5, 0.6) is 0 Å². The molecule has 4 heteroatoms. The summed E-state index contributed by atoms with van der Waals surface area (Å²) in [7, 11) is 0. The second-order valence-corrected chi connectivity index (χ2v) is 5.63. The summed E-state index contributed by atoms with van der Waals surface area (Å²) < 4.78 is 0. The molecular formula is C17H27N3O. The molecule has 1 amide bonds. The quantitative estimate of drug-likeness (QED) is 0.858. The predicted molar refractivity (Wildman–Crippen MR) is 86.6 cm³/mol. The molecule has 2 aliphatic heterocycles. The molecule has 3 rings (SSSR count). The highest BCUT2D eigenvalue weighted by Gasteiger charge is 2.20. The lowest BCUT2D eigenvalue weighted by atomic mass is 10.1. The molecular weight excluding hydrogens is 262 g/mol. The molecule has 0 saturated carbocycles. The maximum atomic E-state index is 11.7. The number of rotatable bonds is 3. The van der Waals surface area contributed by atoms with Crippen LogP contribution in [0.15, 0.2) is 18.2 Å². The van der Waals surface area contributed by atoms with Crippen molar-refractivity contribution in [3.8, 4) is 0 Å². The van der Waals surface area contributed by atoms with Crippen molar-refractivity contribution in [3.63, 3.8) is 0 Å². The Labute approximate surface area is 128 Å². The molecule has 0 aromatic carbocycles. The van der Waals surface area contributed by atoms with E-state index in [-0.39, 0.29) is 5.91 Å². The first-order chi connectivity index (χ1) is 10.2. The van der Waals surface area contributed by atoms with Gasteiger partial charge in [0.05, 0.1) is 0 Å². The van der Waals surface area contributed by atoms with E-state index in [2.05, 4.69) is 23.7 Å². The van der Waals surface area contributed by atoms with E-state index in [4.69, 9.17) is 0 Å². The van der Waals surface area contributed by atoms with Gasteiger partial charge in [0.25, 0.3) is 0 Å². The minimum absolute atomic E-state index is 0.210. The van der Waals surface area contributed by atoms with Crippen LogP contribution in [0.3, 0.4) is 0 Å². The van der Waals surface area contributed by atoms with E-state index in [1.165, 1.54) is 26.1 Å². The Balaban J connectivity index is 0.000000225. The Kier molecular flexibility index (Phi) is 6.18. The molecule has 4 nitrogen and oxygen atoms in total. The average molecular weight is 289 g/mol. The van der Waals surface area contributed by atoms with Crippen molar-refractivity contribution in [1.82, 2.24) is 9.88 Å². The second-order valence-electron chi connectivity index (χ2n) is 5.63. The summed E-state index contributed by atoms with van der Waals surface area (Å²) >= 11 is 0. The third kappa shape index (κ3) is 4.53. The Morgan fingerprint density at radius 2 is 1.90 bits per heavy atom. The summed E-state index contributed by atoms with van der Waals surface area (Å²) in [4.78, 5) is 20.4. The molecule has 116 valence electrons. The van der Waals surface area contributed by atoms with E-state index in [0.717, 1.165) is 37.3 Å². The predicted octanol–water partition coefficient (Wildman–Crippen LogP) is 2.87. The van der Waals surface area contributed by atoms with Gasteiger partial charge in [-0.05, 0) is 57.5 Å². The van der Waals surface area contributed by atoms with Gasteiger partial charge in [0.15, 0.2) is 0 Å². The second kappa shape index (κ2) is 8.13. The molecule has 0 aliphatic carbocycles. The fourth-order valence-corrected chi connectivity index (χ4v) is 2.56. The summed E-state index contributed by atoms with van der Waals surface area (Å²) in [6, 6.07) is 5.89. The Bertz CT molecular complexity index is 454. The number of carbonyl (C=O) groups is 1. The van der Waals surface area contributed by atoms with E-state index in [0.29, 0.717) is 6.42 Å². The maximum Gasteiger partial charge on any atom is 0.228 e. The van der Waals surface area contributed by atoms with Crippen molar-refractivity contribution < 1.29 is 4.79 Å². The summed E-state index contributed by atoms with van der Waals surface area (Å²) in [6.45, 7) is 9.04. The van der Waals surface area contributed by atoms with Crippen LogP contribution in [0.1, 0.15) is 45.2 Å². The molecule has 0 bridgehead atoms. The fraction of sp³-hybridized carbons (Fsp3) is 0.647. The highest BCUT2D eigenvalue weighted by Crippen LogP contribution is 2.18. The molecule has 0 atom stereocenters. The number of likely N-dealkylation sites (tertiary alicyclic amines) is 1. The average Bonchev–Trinajstić information content (AvgIpc) is 2.47. The highest BCUT2D eigenvalue weighted by atomic mass is 16.2. The standard InChI is InChI=1S/C12H16N2O.C5H11N/c1-2-10-6-5-7-11(13-10)14-9-4-3-8-12(14)15;1-2-6-4-3-5-6/h5-7H,2-4,8-9H2,1H3;2-5H2,1H3. The van der Waals surface area contributed by atoms with Gasteiger partial charge in [-0.25, -0.2) is 4.98 Å². The maximum absolute atomic E-state index is 11.7. The van der Waals surface area contributed by atoms with Gasteiger partial charge in [0.2, 0.25) is 5.91 Å². The molecule has 0 unspecified atom stereocenters. The Morgan fingerprint density at radius 1 is 1.10 bits per heavy atom. The monoisotopic (exact) mass is 289 g/mol. The number of nitrogens with zero attached hydrogens (tertiary/aromatic N) is 3. The molecule has 1 aromatic rings. The van der Waals surface area contributed by atoms with Crippen LogP contribution in [0.2, 0.25) is 0 Å². The summed E-state index contributed by atoms with van der Waals surface area (Å²) in [6.07, 6.45) is 5.11. The van der Waals surface area contributed by atoms with Crippen molar-refractivity contribution in [2.45, 2.75) is 46.0 Å². The van der Waals surface area contributed by atoms with Crippen molar-refractivity contribution in [2.75, 3.05) is 31.1 Å². The largest absolute Gasteiger partial charge is 0.304 e. The minimum atomic E-state index is 0.210. The van der Waals surface area contributed by atoms with Crippen LogP contribution < -0.4 is 4.90 Å². The summed E-state index contributed by atoms with van der Waals surface area (Å²) in [5.74, 6) is 1.03. The van der Waals surface area contributed by atoms with E-state index in [9.17, 15) is 4.79 Å². The van der Waals surface area contributed by atoms with Crippen LogP contribution in [0.4, 0.5) is 5.82 Å². The third-order valence-corrected chi connectivity index (χ3v) is 4.15. The van der Waals surface area contributed by atoms with Gasteiger partial charge in [-0.2, -0.15) is 0 Å². The summed E-state index contributed by atoms with van der Waals surface area (Å²) in [5.41, 5.74) is 1.05. The number of carbonyl (C=O) groups excluding carboxylic acids is 1. The van der Waals surface area contributed by atoms with E-state index >= 15 is 0 Å². The van der Waals surface area contributed by atoms with E-state index in [1.807, 2.05) is 23.1 Å². The highest BCUT2D eigenvalue weighted by molar-refractivity contribution is 5.92. The van der Waals surface area contributed by atoms with Gasteiger partial charge < -0.3 is 4.90 Å². The minimum Gasteiger partial charge on any atom is -0.304 e. The van der Waals surface area contributed by atoms with Crippen molar-refractivity contribution >= 4 is 11.7 Å². The zero-order valence-electron chi connectivity index (χ0n) is 13.3. The zero-order valence-corrected chi connectivity index (χ0v) is 13.3. The Hall–Kier alpha value is -1.42. The number of anilines is 1. The molecule has 2 aliphatic rings. The van der Waals surface area contributed by atoms with Crippen molar-refractivity contribution in [3.05, 3.63) is 23.9 Å². The molecule has 21 heavy (non-hydrogen) atoms. The van der Waals surface area contributed by atoms with Gasteiger partial charge in [0, 0.05) is 18.7 Å². The van der Waals surface area contributed by atoms with Crippen LogP contribution in [-0.4, -0.2) is 42.0 Å². The van der Waals surface area contributed by atoms with Gasteiger partial charge >= 0.3 is 0 Å². The first-order valence-corrected chi connectivity index (χ1v) is 8.23. The van der Waals surface area contributed by atoms with Gasteiger partial charge in [-0.15, -0.1) is 0 Å². The molecule has 2 saturated heterocycles. The first kappa shape index (κ1) is 16.0. The molecule has 3 heterocycles. The lowest BCUT2D eigenvalue weighted by molar-refractivity contribution is -0.119. The van der Waals surface area contributed by atoms with Gasteiger partial charge in [-0.1, -0.05) is 19.9 Å². The zero-order chi connectivity index (χ0) is 15.1. The van der Waals surface area contributed by atoms with Crippen LogP contribution >= 0.6 is 0 Å². The number of amides is 1. The molecule has 0 radical (unpaired) electrons. The smallest absolute Gasteiger partial charge is 0.228 e. The first-order valence-electron chi connectivity index (χ1n) is 8.23. The number of hydrogen-bond donors (Lipinski definition) is 0. The molecule has 2 fully saturated rings. The lowest BCUT2D eigenvalue weighted by Crippen LogP contribution is -2.36. The van der Waals surface area contributed by atoms with Gasteiger partial charge in [0.1, 0.15) is 5.82 Å². The van der Waals surface area contributed by atoms with Crippen LogP contribution in [0.25, 0.3) is 0 Å². The van der Waals surface area contributed by atoms with Crippen molar-refractivity contribution in [1.29, 1.82) is 0 Å². The number of aromatic nitrogens is 1. The fourth-order valence-electron chi connectivity index (χ4n) is 2.56. The molecule has 0 N–H and O–H groups in total. The lowest BCUT2D eigenvalue weighted by Gasteiger charge is -2.28. The molecule has 0 spiro atoms. The van der Waals surface area contributed by atoms with Crippen LogP contribution in [-0.2, 0) is 11.2 Å². The normalized spacial score (nSPS) is 18.8. The number of piperidine rings is 1. The van der Waals surface area contributed by atoms with Gasteiger partial charge in [-0.3, -0.25) is 9.69 Å². The van der Waals surface area contributed by atoms with E-state index < -0.39 is 0 Å². The number of pyridine rings is 1. The number of aryl methyl sites for hydroxylation is 1. The van der Waals surface area contributed by atoms with E-state index in [1.54, 1.807) is 0 Å². The third-order valence-electron chi connectivity index (χ3n) is 4.15. The Morgan fingerprint density at radius 3 is 2.43 bits per heavy atom. The molecule has 1 aromatic heterocycles. The number of hydrogen-bond acceptors (Lipinski definition) is 3. The SMILES string of the molecule is CCN1CCC1.CCc1cccc(N2CCCCC2=O)n1. The summed E-state index contributed by atoms with van der Waals surface area (Å²) in [5, 5.41) is 0.